The second-order valence-electron chi connectivity index (χ2n) is 5.38. The van der Waals surface area contributed by atoms with Crippen molar-refractivity contribution in [2.24, 2.45) is 5.92 Å². The van der Waals surface area contributed by atoms with Gasteiger partial charge in [-0.25, -0.2) is 4.98 Å². The SMILES string of the molecule is CCN(Cc1csc(-c2ccccc2Cl)n1)CC(C)C(=O)OC. The molecule has 1 heterocycles. The first-order valence-electron chi connectivity index (χ1n) is 7.54. The van der Waals surface area contributed by atoms with Gasteiger partial charge in [-0.2, -0.15) is 0 Å². The van der Waals surface area contributed by atoms with Gasteiger partial charge in [0.25, 0.3) is 0 Å². The van der Waals surface area contributed by atoms with Gasteiger partial charge in [-0.15, -0.1) is 11.3 Å². The first-order chi connectivity index (χ1) is 11.0. The van der Waals surface area contributed by atoms with Gasteiger partial charge < -0.3 is 4.74 Å². The lowest BCUT2D eigenvalue weighted by Crippen LogP contribution is -2.32. The Bertz CT molecular complexity index is 660. The van der Waals surface area contributed by atoms with Crippen LogP contribution < -0.4 is 0 Å². The number of nitrogens with zero attached hydrogens (tertiary/aromatic N) is 2. The maximum absolute atomic E-state index is 11.6. The molecule has 1 atom stereocenters. The van der Waals surface area contributed by atoms with Gasteiger partial charge >= 0.3 is 5.97 Å². The van der Waals surface area contributed by atoms with Crippen molar-refractivity contribution >= 4 is 28.9 Å². The Morgan fingerprint density at radius 2 is 2.17 bits per heavy atom. The van der Waals surface area contributed by atoms with Crippen LogP contribution in [0.3, 0.4) is 0 Å². The smallest absolute Gasteiger partial charge is 0.309 e. The van der Waals surface area contributed by atoms with Crippen LogP contribution in [0, 0.1) is 5.92 Å². The van der Waals surface area contributed by atoms with E-state index in [4.69, 9.17) is 16.3 Å². The van der Waals surface area contributed by atoms with E-state index in [1.54, 1.807) is 11.3 Å². The molecule has 0 spiro atoms. The Hall–Kier alpha value is -1.43. The minimum absolute atomic E-state index is 0.151. The molecule has 1 unspecified atom stereocenters. The van der Waals surface area contributed by atoms with Gasteiger partial charge in [0, 0.05) is 24.0 Å². The highest BCUT2D eigenvalue weighted by molar-refractivity contribution is 7.13. The summed E-state index contributed by atoms with van der Waals surface area (Å²) in [6.45, 7) is 6.16. The number of halogens is 1. The number of carbonyl (C=O) groups is 1. The van der Waals surface area contributed by atoms with Crippen LogP contribution in [0.2, 0.25) is 5.02 Å². The zero-order valence-electron chi connectivity index (χ0n) is 13.6. The third-order valence-electron chi connectivity index (χ3n) is 3.62. The number of ether oxygens (including phenoxy) is 1. The van der Waals surface area contributed by atoms with Crippen LogP contribution in [-0.2, 0) is 16.1 Å². The second-order valence-corrected chi connectivity index (χ2v) is 6.64. The van der Waals surface area contributed by atoms with E-state index in [0.29, 0.717) is 18.1 Å². The van der Waals surface area contributed by atoms with E-state index < -0.39 is 0 Å². The van der Waals surface area contributed by atoms with E-state index in [1.807, 2.05) is 36.6 Å². The summed E-state index contributed by atoms with van der Waals surface area (Å²) in [7, 11) is 1.42. The molecule has 2 aromatic rings. The lowest BCUT2D eigenvalue weighted by atomic mass is 10.1. The summed E-state index contributed by atoms with van der Waals surface area (Å²) in [4.78, 5) is 18.4. The van der Waals surface area contributed by atoms with Crippen molar-refractivity contribution in [3.05, 3.63) is 40.4 Å². The van der Waals surface area contributed by atoms with Gasteiger partial charge in [0.2, 0.25) is 0 Å². The van der Waals surface area contributed by atoms with Crippen molar-refractivity contribution in [2.75, 3.05) is 20.2 Å². The fourth-order valence-corrected chi connectivity index (χ4v) is 3.47. The molecule has 2 rings (SSSR count). The molecule has 1 aromatic heterocycles. The van der Waals surface area contributed by atoms with E-state index in [9.17, 15) is 4.79 Å². The van der Waals surface area contributed by atoms with Crippen molar-refractivity contribution in [1.82, 2.24) is 9.88 Å². The molecule has 0 amide bonds. The molecular formula is C17H21ClN2O2S. The monoisotopic (exact) mass is 352 g/mol. The van der Waals surface area contributed by atoms with Crippen LogP contribution in [-0.4, -0.2) is 36.1 Å². The zero-order chi connectivity index (χ0) is 16.8. The lowest BCUT2D eigenvalue weighted by Gasteiger charge is -2.22. The number of hydrogen-bond donors (Lipinski definition) is 0. The molecular weight excluding hydrogens is 332 g/mol. The van der Waals surface area contributed by atoms with E-state index in [0.717, 1.165) is 22.8 Å². The first kappa shape index (κ1) is 17.9. The van der Waals surface area contributed by atoms with E-state index in [1.165, 1.54) is 7.11 Å². The van der Waals surface area contributed by atoms with E-state index in [2.05, 4.69) is 16.8 Å². The summed E-state index contributed by atoms with van der Waals surface area (Å²) in [5.41, 5.74) is 1.94. The summed E-state index contributed by atoms with van der Waals surface area (Å²) in [5.74, 6) is -0.333. The minimum Gasteiger partial charge on any atom is -0.469 e. The number of carbonyl (C=O) groups excluding carboxylic acids is 1. The van der Waals surface area contributed by atoms with Crippen molar-refractivity contribution in [1.29, 1.82) is 0 Å². The van der Waals surface area contributed by atoms with Crippen molar-refractivity contribution in [3.63, 3.8) is 0 Å². The Morgan fingerprint density at radius 3 is 2.83 bits per heavy atom. The van der Waals surface area contributed by atoms with Crippen molar-refractivity contribution in [2.45, 2.75) is 20.4 Å². The predicted molar refractivity (Wildman–Crippen MR) is 94.7 cm³/mol. The zero-order valence-corrected chi connectivity index (χ0v) is 15.2. The first-order valence-corrected chi connectivity index (χ1v) is 8.80. The normalized spacial score (nSPS) is 12.4. The van der Waals surface area contributed by atoms with Gasteiger partial charge in [0.05, 0.1) is 23.7 Å². The molecule has 1 aromatic carbocycles. The predicted octanol–water partition coefficient (Wildman–Crippen LogP) is 4.09. The quantitative estimate of drug-likeness (QED) is 0.704. The molecule has 23 heavy (non-hydrogen) atoms. The molecule has 4 nitrogen and oxygen atoms in total. The Morgan fingerprint density at radius 1 is 1.43 bits per heavy atom. The topological polar surface area (TPSA) is 42.4 Å². The molecule has 0 N–H and O–H groups in total. The molecule has 0 saturated carbocycles. The molecule has 0 aliphatic rings. The highest BCUT2D eigenvalue weighted by Crippen LogP contribution is 2.30. The van der Waals surface area contributed by atoms with Crippen LogP contribution >= 0.6 is 22.9 Å². The molecule has 124 valence electrons. The lowest BCUT2D eigenvalue weighted by molar-refractivity contribution is -0.145. The molecule has 6 heteroatoms. The van der Waals surface area contributed by atoms with Gasteiger partial charge in [-0.05, 0) is 12.6 Å². The summed E-state index contributed by atoms with van der Waals surface area (Å²) in [6.07, 6.45) is 0. The summed E-state index contributed by atoms with van der Waals surface area (Å²) < 4.78 is 4.79. The fourth-order valence-electron chi connectivity index (χ4n) is 2.34. The highest BCUT2D eigenvalue weighted by atomic mass is 35.5. The maximum atomic E-state index is 11.6. The third kappa shape index (κ3) is 4.77. The Labute approximate surface area is 146 Å². The molecule has 0 aliphatic heterocycles. The standard InChI is InChI=1S/C17H21ClN2O2S/c1-4-20(9-12(2)17(21)22-3)10-13-11-23-16(19-13)14-7-5-6-8-15(14)18/h5-8,11-12H,4,9-10H2,1-3H3. The number of benzene rings is 1. The summed E-state index contributed by atoms with van der Waals surface area (Å²) in [5, 5.41) is 3.67. The molecule has 0 radical (unpaired) electrons. The van der Waals surface area contributed by atoms with Crippen molar-refractivity contribution in [3.8, 4) is 10.6 Å². The van der Waals surface area contributed by atoms with Crippen LogP contribution in [0.15, 0.2) is 29.6 Å². The van der Waals surface area contributed by atoms with Gasteiger partial charge in [0.1, 0.15) is 5.01 Å². The number of thiazole rings is 1. The van der Waals surface area contributed by atoms with E-state index in [-0.39, 0.29) is 11.9 Å². The van der Waals surface area contributed by atoms with E-state index >= 15 is 0 Å². The maximum Gasteiger partial charge on any atom is 0.309 e. The highest BCUT2D eigenvalue weighted by Gasteiger charge is 2.18. The van der Waals surface area contributed by atoms with Gasteiger partial charge in [0.15, 0.2) is 0 Å². The number of esters is 1. The molecule has 0 saturated heterocycles. The van der Waals surface area contributed by atoms with Crippen LogP contribution in [0.5, 0.6) is 0 Å². The van der Waals surface area contributed by atoms with Crippen LogP contribution in [0.1, 0.15) is 19.5 Å². The van der Waals surface area contributed by atoms with Gasteiger partial charge in [-0.1, -0.05) is 43.6 Å². The number of rotatable bonds is 7. The summed E-state index contributed by atoms with van der Waals surface area (Å²) >= 11 is 7.81. The van der Waals surface area contributed by atoms with Gasteiger partial charge in [-0.3, -0.25) is 9.69 Å². The number of aromatic nitrogens is 1. The third-order valence-corrected chi connectivity index (χ3v) is 4.88. The molecule has 0 bridgehead atoms. The number of methoxy groups -OCH3 is 1. The minimum atomic E-state index is -0.182. The van der Waals surface area contributed by atoms with Crippen LogP contribution in [0.25, 0.3) is 10.6 Å². The summed E-state index contributed by atoms with van der Waals surface area (Å²) in [6, 6.07) is 7.71. The molecule has 0 aliphatic carbocycles. The fraction of sp³-hybridized carbons (Fsp3) is 0.412. The molecule has 0 fully saturated rings. The number of hydrogen-bond acceptors (Lipinski definition) is 5. The average molecular weight is 353 g/mol. The Kier molecular flexibility index (Phi) is 6.57. The van der Waals surface area contributed by atoms with Crippen molar-refractivity contribution < 1.29 is 9.53 Å². The van der Waals surface area contributed by atoms with Crippen LogP contribution in [0.4, 0.5) is 0 Å². The largest absolute Gasteiger partial charge is 0.469 e. The second kappa shape index (κ2) is 8.43. The Balaban J connectivity index is 2.05. The average Bonchev–Trinajstić information content (AvgIpc) is 3.01.